The Kier molecular flexibility index (Phi) is 8.31. The molecule has 1 aromatic carbocycles. The van der Waals surface area contributed by atoms with Gasteiger partial charge in [0.05, 0.1) is 12.1 Å². The largest absolute Gasteiger partial charge is 0.417 e. The minimum atomic E-state index is -4.43. The number of anilines is 3. The van der Waals surface area contributed by atoms with Crippen molar-refractivity contribution in [3.8, 4) is 0 Å². The topological polar surface area (TPSA) is 94.6 Å². The van der Waals surface area contributed by atoms with Crippen LogP contribution in [-0.2, 0) is 20.6 Å². The van der Waals surface area contributed by atoms with E-state index in [1.54, 1.807) is 31.2 Å². The summed E-state index contributed by atoms with van der Waals surface area (Å²) < 4.78 is 38.2. The Balaban J connectivity index is 1.51. The average molecular weight is 492 g/mol. The number of rotatable bonds is 7. The SMILES string of the molecule is CCN(CC(=O)Nc1ccc(NC(C)=O)cc1)C(=O)C1CCN(c2ccc(C(F)(F)F)cn2)CC1. The van der Waals surface area contributed by atoms with Crippen molar-refractivity contribution in [1.82, 2.24) is 9.88 Å². The molecule has 2 aromatic rings. The molecule has 0 bridgehead atoms. The summed E-state index contributed by atoms with van der Waals surface area (Å²) in [5, 5.41) is 5.39. The highest BCUT2D eigenvalue weighted by Gasteiger charge is 2.32. The Bertz CT molecular complexity index is 1030. The first kappa shape index (κ1) is 26.0. The van der Waals surface area contributed by atoms with E-state index in [1.807, 2.05) is 4.90 Å². The van der Waals surface area contributed by atoms with Crippen LogP contribution in [0.4, 0.5) is 30.4 Å². The molecule has 1 saturated heterocycles. The number of nitrogens with one attached hydrogen (secondary N) is 2. The fourth-order valence-corrected chi connectivity index (χ4v) is 3.91. The van der Waals surface area contributed by atoms with E-state index in [-0.39, 0.29) is 30.2 Å². The number of alkyl halides is 3. The molecule has 1 aromatic heterocycles. The molecule has 0 aliphatic carbocycles. The molecule has 0 radical (unpaired) electrons. The molecular formula is C24H28F3N5O3. The van der Waals surface area contributed by atoms with Gasteiger partial charge in [0.2, 0.25) is 17.7 Å². The van der Waals surface area contributed by atoms with E-state index in [0.717, 1.165) is 12.3 Å². The number of pyridine rings is 1. The Labute approximate surface area is 201 Å². The van der Waals surface area contributed by atoms with E-state index < -0.39 is 11.7 Å². The molecule has 2 N–H and O–H groups in total. The fourth-order valence-electron chi connectivity index (χ4n) is 3.91. The monoisotopic (exact) mass is 491 g/mol. The summed E-state index contributed by atoms with van der Waals surface area (Å²) in [6, 6.07) is 9.00. The second-order valence-corrected chi connectivity index (χ2v) is 8.32. The Morgan fingerprint density at radius 3 is 2.11 bits per heavy atom. The molecule has 0 unspecified atom stereocenters. The first-order valence-corrected chi connectivity index (χ1v) is 11.3. The van der Waals surface area contributed by atoms with Crippen molar-refractivity contribution in [2.75, 3.05) is 41.7 Å². The second-order valence-electron chi connectivity index (χ2n) is 8.32. The quantitative estimate of drug-likeness (QED) is 0.615. The summed E-state index contributed by atoms with van der Waals surface area (Å²) in [6.07, 6.45) is -2.58. The van der Waals surface area contributed by atoms with Crippen molar-refractivity contribution in [1.29, 1.82) is 0 Å². The van der Waals surface area contributed by atoms with Crippen LogP contribution < -0.4 is 15.5 Å². The van der Waals surface area contributed by atoms with Crippen LogP contribution in [0.3, 0.4) is 0 Å². The molecule has 35 heavy (non-hydrogen) atoms. The molecule has 1 aliphatic heterocycles. The number of likely N-dealkylation sites (N-methyl/N-ethyl adjacent to an activating group) is 1. The van der Waals surface area contributed by atoms with Gasteiger partial charge in [0.25, 0.3) is 0 Å². The lowest BCUT2D eigenvalue weighted by Crippen LogP contribution is -2.45. The van der Waals surface area contributed by atoms with Crippen LogP contribution in [0.1, 0.15) is 32.3 Å². The van der Waals surface area contributed by atoms with Crippen LogP contribution in [-0.4, -0.2) is 53.8 Å². The zero-order valence-electron chi connectivity index (χ0n) is 19.6. The standard InChI is InChI=1S/C24H28F3N5O3/c1-3-31(15-22(34)30-20-7-5-19(6-8-20)29-16(2)33)23(35)17-10-12-32(13-11-17)21-9-4-18(14-28-21)24(25,26)27/h4-9,14,17H,3,10-13,15H2,1-2H3,(H,29,33)(H,30,34). The average Bonchev–Trinajstić information content (AvgIpc) is 2.82. The number of hydrogen-bond acceptors (Lipinski definition) is 5. The maximum atomic E-state index is 13.0. The second kappa shape index (κ2) is 11.2. The van der Waals surface area contributed by atoms with Gasteiger partial charge < -0.3 is 20.4 Å². The Morgan fingerprint density at radius 1 is 1.03 bits per heavy atom. The van der Waals surface area contributed by atoms with Gasteiger partial charge in [-0.05, 0) is 56.2 Å². The van der Waals surface area contributed by atoms with Gasteiger partial charge in [-0.2, -0.15) is 13.2 Å². The molecule has 3 amide bonds. The molecule has 8 nitrogen and oxygen atoms in total. The first-order chi connectivity index (χ1) is 16.6. The van der Waals surface area contributed by atoms with Gasteiger partial charge in [-0.25, -0.2) is 4.98 Å². The van der Waals surface area contributed by atoms with Crippen molar-refractivity contribution in [2.45, 2.75) is 32.9 Å². The van der Waals surface area contributed by atoms with Gasteiger partial charge >= 0.3 is 6.18 Å². The third-order valence-corrected chi connectivity index (χ3v) is 5.76. The normalized spacial score (nSPS) is 14.4. The lowest BCUT2D eigenvalue weighted by Gasteiger charge is -2.34. The van der Waals surface area contributed by atoms with Crippen molar-refractivity contribution in [2.24, 2.45) is 5.92 Å². The minimum Gasteiger partial charge on any atom is -0.357 e. The van der Waals surface area contributed by atoms with Crippen LogP contribution >= 0.6 is 0 Å². The van der Waals surface area contributed by atoms with Gasteiger partial charge in [0.15, 0.2) is 0 Å². The number of benzene rings is 1. The molecule has 188 valence electrons. The number of aromatic nitrogens is 1. The molecule has 3 rings (SSSR count). The first-order valence-electron chi connectivity index (χ1n) is 11.3. The molecule has 0 spiro atoms. The Hall–Kier alpha value is -3.63. The summed E-state index contributed by atoms with van der Waals surface area (Å²) in [4.78, 5) is 43.9. The fraction of sp³-hybridized carbons (Fsp3) is 0.417. The van der Waals surface area contributed by atoms with Gasteiger partial charge in [-0.15, -0.1) is 0 Å². The van der Waals surface area contributed by atoms with E-state index in [4.69, 9.17) is 0 Å². The Morgan fingerprint density at radius 2 is 1.63 bits per heavy atom. The third kappa shape index (κ3) is 7.17. The maximum absolute atomic E-state index is 13.0. The van der Waals surface area contributed by atoms with Crippen LogP contribution in [0, 0.1) is 5.92 Å². The molecule has 1 fully saturated rings. The number of amides is 3. The van der Waals surface area contributed by atoms with Crippen molar-refractivity contribution >= 4 is 34.9 Å². The summed E-state index contributed by atoms with van der Waals surface area (Å²) in [7, 11) is 0. The van der Waals surface area contributed by atoms with Crippen molar-refractivity contribution in [3.63, 3.8) is 0 Å². The summed E-state index contributed by atoms with van der Waals surface area (Å²) in [5.41, 5.74) is 0.357. The number of carbonyl (C=O) groups excluding carboxylic acids is 3. The molecular weight excluding hydrogens is 463 g/mol. The van der Waals surface area contributed by atoms with E-state index >= 15 is 0 Å². The molecule has 2 heterocycles. The van der Waals surface area contributed by atoms with E-state index in [0.29, 0.717) is 49.7 Å². The molecule has 0 atom stereocenters. The summed E-state index contributed by atoms with van der Waals surface area (Å²) >= 11 is 0. The van der Waals surface area contributed by atoms with Crippen LogP contribution in [0.5, 0.6) is 0 Å². The minimum absolute atomic E-state index is 0.0938. The molecule has 1 aliphatic rings. The van der Waals surface area contributed by atoms with E-state index in [2.05, 4.69) is 15.6 Å². The van der Waals surface area contributed by atoms with E-state index in [9.17, 15) is 27.6 Å². The number of hydrogen-bond donors (Lipinski definition) is 2. The van der Waals surface area contributed by atoms with Gasteiger partial charge in [-0.1, -0.05) is 0 Å². The zero-order chi connectivity index (χ0) is 25.6. The van der Waals surface area contributed by atoms with Crippen molar-refractivity contribution < 1.29 is 27.6 Å². The smallest absolute Gasteiger partial charge is 0.357 e. The molecule has 0 saturated carbocycles. The zero-order valence-corrected chi connectivity index (χ0v) is 19.6. The molecule has 11 heteroatoms. The van der Waals surface area contributed by atoms with Crippen LogP contribution in [0.15, 0.2) is 42.6 Å². The predicted molar refractivity (Wildman–Crippen MR) is 126 cm³/mol. The highest BCUT2D eigenvalue weighted by Crippen LogP contribution is 2.30. The van der Waals surface area contributed by atoms with Crippen LogP contribution in [0.25, 0.3) is 0 Å². The number of carbonyl (C=O) groups is 3. The van der Waals surface area contributed by atoms with Crippen molar-refractivity contribution in [3.05, 3.63) is 48.2 Å². The summed E-state index contributed by atoms with van der Waals surface area (Å²) in [5.74, 6) is -0.478. The third-order valence-electron chi connectivity index (χ3n) is 5.76. The van der Waals surface area contributed by atoms with E-state index in [1.165, 1.54) is 17.9 Å². The highest BCUT2D eigenvalue weighted by atomic mass is 19.4. The predicted octanol–water partition coefficient (Wildman–Crippen LogP) is 3.76. The van der Waals surface area contributed by atoms with Crippen LogP contribution in [0.2, 0.25) is 0 Å². The lowest BCUT2D eigenvalue weighted by molar-refractivity contribution is -0.139. The number of nitrogens with zero attached hydrogens (tertiary/aromatic N) is 3. The van der Waals surface area contributed by atoms with Gasteiger partial charge in [-0.3, -0.25) is 14.4 Å². The maximum Gasteiger partial charge on any atom is 0.417 e. The van der Waals surface area contributed by atoms with Gasteiger partial charge in [0.1, 0.15) is 5.82 Å². The highest BCUT2D eigenvalue weighted by molar-refractivity contribution is 5.95. The number of piperidine rings is 1. The lowest BCUT2D eigenvalue weighted by atomic mass is 9.95. The summed E-state index contributed by atoms with van der Waals surface area (Å²) in [6.45, 7) is 4.45. The van der Waals surface area contributed by atoms with Gasteiger partial charge in [0, 0.05) is 50.0 Å². The number of halogens is 3.